The Kier molecular flexibility index (Phi) is 5.81. The fraction of sp³-hybridized carbons (Fsp3) is 0.238. The molecule has 0 amide bonds. The second kappa shape index (κ2) is 8.27. The number of pyridine rings is 1. The number of ether oxygens (including phenoxy) is 2. The third kappa shape index (κ3) is 4.14. The molecule has 27 heavy (non-hydrogen) atoms. The zero-order chi connectivity index (χ0) is 19.4. The van der Waals surface area contributed by atoms with Crippen molar-refractivity contribution in [3.63, 3.8) is 0 Å². The van der Waals surface area contributed by atoms with Crippen LogP contribution < -0.4 is 10.1 Å². The van der Waals surface area contributed by atoms with E-state index in [9.17, 15) is 4.79 Å². The van der Waals surface area contributed by atoms with Gasteiger partial charge in [0.1, 0.15) is 11.3 Å². The number of hydrogen-bond acceptors (Lipinski definition) is 5. The van der Waals surface area contributed by atoms with E-state index in [4.69, 9.17) is 21.1 Å². The Bertz CT molecular complexity index is 971. The highest BCUT2D eigenvalue weighted by atomic mass is 35.5. The van der Waals surface area contributed by atoms with Crippen LogP contribution in [0, 0.1) is 6.92 Å². The molecule has 0 fully saturated rings. The summed E-state index contributed by atoms with van der Waals surface area (Å²) in [5.41, 5.74) is 3.51. The van der Waals surface area contributed by atoms with Crippen molar-refractivity contribution in [2.45, 2.75) is 20.8 Å². The Morgan fingerprint density at radius 2 is 1.89 bits per heavy atom. The monoisotopic (exact) mass is 384 g/mol. The number of rotatable bonds is 6. The van der Waals surface area contributed by atoms with Crippen molar-refractivity contribution in [3.05, 3.63) is 58.7 Å². The first-order chi connectivity index (χ1) is 13.0. The van der Waals surface area contributed by atoms with E-state index in [1.54, 1.807) is 13.0 Å². The Labute approximate surface area is 163 Å². The van der Waals surface area contributed by atoms with E-state index in [-0.39, 0.29) is 6.61 Å². The van der Waals surface area contributed by atoms with E-state index in [1.807, 2.05) is 44.2 Å². The van der Waals surface area contributed by atoms with Gasteiger partial charge in [-0.25, -0.2) is 4.79 Å². The number of fused-ring (bicyclic) bond motifs is 1. The molecule has 0 radical (unpaired) electrons. The maximum absolute atomic E-state index is 12.5. The smallest absolute Gasteiger partial charge is 0.341 e. The fourth-order valence-corrected chi connectivity index (χ4v) is 3.15. The average molecular weight is 385 g/mol. The van der Waals surface area contributed by atoms with E-state index >= 15 is 0 Å². The van der Waals surface area contributed by atoms with Gasteiger partial charge in [-0.2, -0.15) is 0 Å². The van der Waals surface area contributed by atoms with Crippen LogP contribution in [0.5, 0.6) is 5.75 Å². The third-order valence-electron chi connectivity index (χ3n) is 4.06. The first-order valence-corrected chi connectivity index (χ1v) is 9.17. The fourth-order valence-electron chi connectivity index (χ4n) is 2.88. The van der Waals surface area contributed by atoms with Crippen LogP contribution >= 0.6 is 11.6 Å². The molecule has 1 heterocycles. The summed E-state index contributed by atoms with van der Waals surface area (Å²) >= 11 is 6.26. The van der Waals surface area contributed by atoms with Gasteiger partial charge in [0, 0.05) is 22.3 Å². The molecule has 0 spiro atoms. The Balaban J connectivity index is 2.11. The van der Waals surface area contributed by atoms with Gasteiger partial charge in [-0.1, -0.05) is 11.6 Å². The number of carbonyl (C=O) groups excluding carboxylic acids is 1. The molecule has 0 atom stereocenters. The minimum absolute atomic E-state index is 0.286. The molecule has 0 saturated carbocycles. The summed E-state index contributed by atoms with van der Waals surface area (Å²) in [6.07, 6.45) is 1.54. The van der Waals surface area contributed by atoms with Crippen molar-refractivity contribution >= 4 is 39.8 Å². The van der Waals surface area contributed by atoms with Gasteiger partial charge in [-0.05, 0) is 62.7 Å². The topological polar surface area (TPSA) is 60.5 Å². The van der Waals surface area contributed by atoms with Gasteiger partial charge in [0.15, 0.2) is 0 Å². The predicted molar refractivity (Wildman–Crippen MR) is 108 cm³/mol. The number of carbonyl (C=O) groups is 1. The van der Waals surface area contributed by atoms with Crippen molar-refractivity contribution in [2.75, 3.05) is 18.5 Å². The zero-order valence-corrected chi connectivity index (χ0v) is 16.3. The minimum Gasteiger partial charge on any atom is -0.494 e. The lowest BCUT2D eigenvalue weighted by molar-refractivity contribution is 0.0527. The number of halogens is 1. The van der Waals surface area contributed by atoms with E-state index in [1.165, 1.54) is 6.20 Å². The number of anilines is 2. The Morgan fingerprint density at radius 1 is 1.15 bits per heavy atom. The molecule has 0 aliphatic heterocycles. The van der Waals surface area contributed by atoms with Crippen LogP contribution in [0.4, 0.5) is 11.4 Å². The molecule has 3 aromatic rings. The van der Waals surface area contributed by atoms with E-state index in [2.05, 4.69) is 10.3 Å². The van der Waals surface area contributed by atoms with Crippen LogP contribution in [0.2, 0.25) is 5.02 Å². The molecule has 0 saturated heterocycles. The van der Waals surface area contributed by atoms with Crippen molar-refractivity contribution < 1.29 is 14.3 Å². The van der Waals surface area contributed by atoms with E-state index < -0.39 is 5.97 Å². The number of benzene rings is 2. The molecule has 6 heteroatoms. The van der Waals surface area contributed by atoms with Crippen molar-refractivity contribution in [1.29, 1.82) is 0 Å². The molecule has 0 bridgehead atoms. The third-order valence-corrected chi connectivity index (χ3v) is 4.27. The van der Waals surface area contributed by atoms with Crippen LogP contribution in [0.1, 0.15) is 29.8 Å². The predicted octanol–water partition coefficient (Wildman–Crippen LogP) is 5.52. The van der Waals surface area contributed by atoms with Crippen molar-refractivity contribution in [1.82, 2.24) is 4.98 Å². The van der Waals surface area contributed by atoms with Gasteiger partial charge in [0.2, 0.25) is 0 Å². The summed E-state index contributed by atoms with van der Waals surface area (Å²) in [6, 6.07) is 11.2. The lowest BCUT2D eigenvalue weighted by Gasteiger charge is -2.15. The summed E-state index contributed by atoms with van der Waals surface area (Å²) in [7, 11) is 0. The Hall–Kier alpha value is -2.79. The minimum atomic E-state index is -0.432. The number of esters is 1. The number of aryl methyl sites for hydroxylation is 1. The van der Waals surface area contributed by atoms with Gasteiger partial charge in [0.05, 0.1) is 24.4 Å². The number of hydrogen-bond donors (Lipinski definition) is 1. The van der Waals surface area contributed by atoms with Gasteiger partial charge in [-0.15, -0.1) is 0 Å². The van der Waals surface area contributed by atoms with Crippen LogP contribution in [0.15, 0.2) is 42.6 Å². The van der Waals surface area contributed by atoms with E-state index in [0.29, 0.717) is 22.9 Å². The second-order valence-corrected chi connectivity index (χ2v) is 6.41. The largest absolute Gasteiger partial charge is 0.494 e. The summed E-state index contributed by atoms with van der Waals surface area (Å²) in [5, 5.41) is 4.67. The second-order valence-electron chi connectivity index (χ2n) is 5.97. The molecule has 1 aromatic heterocycles. The number of aromatic nitrogens is 1. The summed E-state index contributed by atoms with van der Waals surface area (Å²) in [4.78, 5) is 16.9. The molecule has 3 rings (SSSR count). The maximum atomic E-state index is 12.5. The molecule has 5 nitrogen and oxygen atoms in total. The quantitative estimate of drug-likeness (QED) is 0.567. The van der Waals surface area contributed by atoms with Crippen LogP contribution in [0.25, 0.3) is 10.9 Å². The van der Waals surface area contributed by atoms with E-state index in [0.717, 1.165) is 27.9 Å². The maximum Gasteiger partial charge on any atom is 0.341 e. The van der Waals surface area contributed by atoms with Gasteiger partial charge in [0.25, 0.3) is 0 Å². The highest BCUT2D eigenvalue weighted by Crippen LogP contribution is 2.33. The molecule has 0 aliphatic carbocycles. The molecule has 140 valence electrons. The molecular formula is C21H21ClN2O3. The lowest BCUT2D eigenvalue weighted by atomic mass is 10.1. The van der Waals surface area contributed by atoms with Gasteiger partial charge in [-0.3, -0.25) is 4.98 Å². The van der Waals surface area contributed by atoms with Crippen LogP contribution in [-0.4, -0.2) is 24.2 Å². The van der Waals surface area contributed by atoms with Gasteiger partial charge < -0.3 is 14.8 Å². The highest BCUT2D eigenvalue weighted by Gasteiger charge is 2.18. The summed E-state index contributed by atoms with van der Waals surface area (Å²) in [6.45, 7) is 6.53. The van der Waals surface area contributed by atoms with Crippen LogP contribution in [-0.2, 0) is 4.74 Å². The van der Waals surface area contributed by atoms with Gasteiger partial charge >= 0.3 is 5.97 Å². The molecule has 0 unspecified atom stereocenters. The first-order valence-electron chi connectivity index (χ1n) is 8.79. The summed E-state index contributed by atoms with van der Waals surface area (Å²) in [5.74, 6) is 0.352. The number of nitrogens with zero attached hydrogens (tertiary/aromatic N) is 1. The summed E-state index contributed by atoms with van der Waals surface area (Å²) < 4.78 is 10.7. The normalized spacial score (nSPS) is 10.7. The van der Waals surface area contributed by atoms with Crippen LogP contribution in [0.3, 0.4) is 0 Å². The Morgan fingerprint density at radius 3 is 2.56 bits per heavy atom. The number of nitrogens with one attached hydrogen (secondary N) is 1. The SMILES string of the molecule is CCOC(=O)c1cnc2c(C)cc(Cl)cc2c1Nc1ccc(OCC)cc1. The van der Waals surface area contributed by atoms with Crippen molar-refractivity contribution in [3.8, 4) is 5.75 Å². The molecule has 2 aromatic carbocycles. The zero-order valence-electron chi connectivity index (χ0n) is 15.5. The molecular weight excluding hydrogens is 364 g/mol. The molecule has 1 N–H and O–H groups in total. The lowest BCUT2D eigenvalue weighted by Crippen LogP contribution is -2.09. The first kappa shape index (κ1) is 19.0. The molecule has 0 aliphatic rings. The van der Waals surface area contributed by atoms with Crippen molar-refractivity contribution in [2.24, 2.45) is 0 Å². The standard InChI is InChI=1S/C21H21ClN2O3/c1-4-26-16-8-6-15(7-9-16)24-20-17-11-14(22)10-13(3)19(17)23-12-18(20)21(25)27-5-2/h6-12H,4-5H2,1-3H3,(H,23,24). The average Bonchev–Trinajstić information content (AvgIpc) is 2.64. The highest BCUT2D eigenvalue weighted by molar-refractivity contribution is 6.31.